The van der Waals surface area contributed by atoms with Gasteiger partial charge in [0, 0.05) is 7.05 Å². The van der Waals surface area contributed by atoms with E-state index in [9.17, 15) is 22.8 Å². The molecule has 1 atom stereocenters. The molecule has 3 aromatic rings. The van der Waals surface area contributed by atoms with E-state index in [-0.39, 0.29) is 16.1 Å². The molecular weight excluding hydrogens is 474 g/mol. The lowest BCUT2D eigenvalue weighted by atomic mass is 10.2. The summed E-state index contributed by atoms with van der Waals surface area (Å²) in [6.07, 6.45) is -1.30. The van der Waals surface area contributed by atoms with Crippen LogP contribution in [0.4, 0.5) is 5.69 Å². The minimum Gasteiger partial charge on any atom is -0.452 e. The van der Waals surface area contributed by atoms with Crippen molar-refractivity contribution < 1.29 is 22.7 Å². The van der Waals surface area contributed by atoms with Crippen LogP contribution in [-0.4, -0.2) is 42.3 Å². The van der Waals surface area contributed by atoms with E-state index in [1.807, 2.05) is 12.1 Å². The van der Waals surface area contributed by atoms with Crippen LogP contribution in [0.3, 0.4) is 0 Å². The van der Waals surface area contributed by atoms with Crippen LogP contribution in [-0.2, 0) is 31.4 Å². The first-order valence-corrected chi connectivity index (χ1v) is 11.9. The number of benzene rings is 2. The van der Waals surface area contributed by atoms with E-state index in [4.69, 9.17) is 10.00 Å². The molecule has 0 spiro atoms. The van der Waals surface area contributed by atoms with E-state index in [1.165, 1.54) is 35.9 Å². The molecule has 0 aliphatic heterocycles. The number of nitrogens with one attached hydrogen (secondary N) is 2. The van der Waals surface area contributed by atoms with Crippen molar-refractivity contribution in [2.24, 2.45) is 7.05 Å². The Morgan fingerprint density at radius 2 is 1.74 bits per heavy atom. The third-order valence-corrected chi connectivity index (χ3v) is 6.60. The maximum atomic E-state index is 12.9. The molecule has 3 rings (SSSR count). The molecule has 12 heteroatoms. The van der Waals surface area contributed by atoms with Gasteiger partial charge in [0.15, 0.2) is 6.10 Å². The molecule has 0 aliphatic rings. The second-order valence-corrected chi connectivity index (χ2v) is 9.29. The zero-order valence-electron chi connectivity index (χ0n) is 19.2. The lowest BCUT2D eigenvalue weighted by Crippen LogP contribution is -2.36. The number of esters is 1. The van der Waals surface area contributed by atoms with Crippen LogP contribution in [0.2, 0.25) is 0 Å². The van der Waals surface area contributed by atoms with E-state index in [0.717, 1.165) is 0 Å². The summed E-state index contributed by atoms with van der Waals surface area (Å²) in [4.78, 5) is 37.5. The van der Waals surface area contributed by atoms with E-state index < -0.39 is 40.1 Å². The smallest absolute Gasteiger partial charge is 0.321 e. The first-order valence-electron chi connectivity index (χ1n) is 10.4. The van der Waals surface area contributed by atoms with Crippen molar-refractivity contribution in [3.05, 3.63) is 76.2 Å². The van der Waals surface area contributed by atoms with Crippen molar-refractivity contribution in [1.29, 1.82) is 5.26 Å². The Kier molecular flexibility index (Phi) is 7.53. The van der Waals surface area contributed by atoms with Crippen LogP contribution in [0.15, 0.2) is 64.3 Å². The number of hydrogen-bond acceptors (Lipinski definition) is 7. The highest BCUT2D eigenvalue weighted by molar-refractivity contribution is 7.89. The molecule has 2 N–H and O–H groups in total. The van der Waals surface area contributed by atoms with Crippen molar-refractivity contribution in [3.8, 4) is 11.8 Å². The van der Waals surface area contributed by atoms with Crippen molar-refractivity contribution >= 4 is 27.6 Å². The van der Waals surface area contributed by atoms with Gasteiger partial charge in [-0.05, 0) is 50.2 Å². The molecule has 0 unspecified atom stereocenters. The number of hydrogen-bond donors (Lipinski definition) is 2. The van der Waals surface area contributed by atoms with Crippen molar-refractivity contribution in [2.75, 3.05) is 11.9 Å². The Bertz CT molecular complexity index is 1450. The van der Waals surface area contributed by atoms with Gasteiger partial charge in [0.05, 0.1) is 27.9 Å². The normalized spacial score (nSPS) is 11.9. The van der Waals surface area contributed by atoms with Crippen LogP contribution in [0.5, 0.6) is 0 Å². The maximum absolute atomic E-state index is 12.9. The van der Waals surface area contributed by atoms with Crippen molar-refractivity contribution in [2.45, 2.75) is 24.8 Å². The van der Waals surface area contributed by atoms with Gasteiger partial charge in [0.25, 0.3) is 11.5 Å². The Hall–Kier alpha value is -4.21. The van der Waals surface area contributed by atoms with Crippen LogP contribution >= 0.6 is 0 Å². The average molecular weight is 498 g/mol. The fourth-order valence-electron chi connectivity index (χ4n) is 3.18. The Balaban J connectivity index is 1.63. The number of nitriles is 1. The van der Waals surface area contributed by atoms with Gasteiger partial charge >= 0.3 is 5.97 Å². The average Bonchev–Trinajstić information content (AvgIpc) is 3.06. The minimum atomic E-state index is -4.03. The molecule has 0 bridgehead atoms. The first-order chi connectivity index (χ1) is 16.5. The van der Waals surface area contributed by atoms with Gasteiger partial charge in [0.1, 0.15) is 12.2 Å². The summed E-state index contributed by atoms with van der Waals surface area (Å²) in [7, 11) is -2.36. The summed E-state index contributed by atoms with van der Waals surface area (Å²) >= 11 is 0. The molecule has 182 valence electrons. The predicted molar refractivity (Wildman–Crippen MR) is 126 cm³/mol. The van der Waals surface area contributed by atoms with Gasteiger partial charge in [-0.1, -0.05) is 18.2 Å². The second-order valence-electron chi connectivity index (χ2n) is 7.52. The van der Waals surface area contributed by atoms with Gasteiger partial charge in [-0.2, -0.15) is 9.98 Å². The number of carbonyl (C=O) groups is 2. The molecule has 0 radical (unpaired) electrons. The van der Waals surface area contributed by atoms with E-state index in [2.05, 4.69) is 10.0 Å². The summed E-state index contributed by atoms with van der Waals surface area (Å²) in [5.74, 6) is -1.74. The Labute approximate surface area is 201 Å². The van der Waals surface area contributed by atoms with E-state index in [1.54, 1.807) is 42.9 Å². The highest BCUT2D eigenvalue weighted by Gasteiger charge is 2.24. The zero-order valence-corrected chi connectivity index (χ0v) is 20.0. The van der Waals surface area contributed by atoms with Gasteiger partial charge in [-0.25, -0.2) is 13.1 Å². The van der Waals surface area contributed by atoms with Crippen molar-refractivity contribution in [3.63, 3.8) is 0 Å². The molecule has 0 fully saturated rings. The van der Waals surface area contributed by atoms with Crippen LogP contribution in [0.1, 0.15) is 18.2 Å². The van der Waals surface area contributed by atoms with Gasteiger partial charge in [0.2, 0.25) is 10.0 Å². The number of rotatable bonds is 8. The van der Waals surface area contributed by atoms with E-state index >= 15 is 0 Å². The summed E-state index contributed by atoms with van der Waals surface area (Å²) in [6, 6.07) is 15.9. The number of nitrogens with zero attached hydrogens (tertiary/aromatic N) is 3. The van der Waals surface area contributed by atoms with Gasteiger partial charge in [-0.15, -0.1) is 0 Å². The molecular formula is C23H23N5O6S. The highest BCUT2D eigenvalue weighted by atomic mass is 32.2. The lowest BCUT2D eigenvalue weighted by Gasteiger charge is -2.13. The number of aromatic nitrogens is 2. The number of sulfonamides is 1. The first kappa shape index (κ1) is 25.4. The zero-order chi connectivity index (χ0) is 25.8. The topological polar surface area (TPSA) is 152 Å². The van der Waals surface area contributed by atoms with E-state index in [0.29, 0.717) is 11.4 Å². The van der Waals surface area contributed by atoms with Gasteiger partial charge in [-0.3, -0.25) is 19.1 Å². The highest BCUT2D eigenvalue weighted by Crippen LogP contribution is 2.15. The number of ether oxygens (including phenoxy) is 1. The molecule has 35 heavy (non-hydrogen) atoms. The maximum Gasteiger partial charge on any atom is 0.321 e. The molecule has 0 saturated carbocycles. The third-order valence-electron chi connectivity index (χ3n) is 5.18. The number of carbonyl (C=O) groups excluding carboxylic acids is 2. The summed E-state index contributed by atoms with van der Waals surface area (Å²) in [5, 5.41) is 11.3. The molecule has 11 nitrogen and oxygen atoms in total. The summed E-state index contributed by atoms with van der Waals surface area (Å²) in [6.45, 7) is 2.24. The molecule has 1 aromatic heterocycles. The number of amides is 1. The molecule has 1 amide bonds. The predicted octanol–water partition coefficient (Wildman–Crippen LogP) is 1.20. The SMILES string of the molecule is Cc1c(NC(=O)[C@@H](C)OC(=O)CNS(=O)(=O)c2ccc(C#N)cc2)c(=O)n(-c2ccccc2)n1C. The van der Waals surface area contributed by atoms with Gasteiger partial charge < -0.3 is 10.1 Å². The number of para-hydroxylation sites is 1. The minimum absolute atomic E-state index is 0.0331. The largest absolute Gasteiger partial charge is 0.452 e. The van der Waals surface area contributed by atoms with Crippen LogP contribution < -0.4 is 15.6 Å². The fraction of sp³-hybridized carbons (Fsp3) is 0.217. The third kappa shape index (κ3) is 5.65. The summed E-state index contributed by atoms with van der Waals surface area (Å²) < 4.78 is 34.7. The van der Waals surface area contributed by atoms with Crippen LogP contribution in [0.25, 0.3) is 5.69 Å². The molecule has 1 heterocycles. The fourth-order valence-corrected chi connectivity index (χ4v) is 4.14. The lowest BCUT2D eigenvalue weighted by molar-refractivity contribution is -0.151. The monoisotopic (exact) mass is 497 g/mol. The Morgan fingerprint density at radius 1 is 1.11 bits per heavy atom. The van der Waals surface area contributed by atoms with Crippen molar-refractivity contribution in [1.82, 2.24) is 14.1 Å². The Morgan fingerprint density at radius 3 is 2.34 bits per heavy atom. The standard InChI is InChI=1S/C23H23N5O6S/c1-15-21(23(31)28(27(15)3)18-7-5-4-6-8-18)26-22(30)16(2)34-20(29)14-25-35(32,33)19-11-9-17(13-24)10-12-19/h4-12,16,25H,14H2,1-3H3,(H,26,30)/t16-/m1/s1. The second kappa shape index (κ2) is 10.4. The molecule has 2 aromatic carbocycles. The quantitative estimate of drug-likeness (QED) is 0.444. The number of anilines is 1. The molecule has 0 aliphatic carbocycles. The summed E-state index contributed by atoms with van der Waals surface area (Å²) in [5.41, 5.74) is 0.954. The molecule has 0 saturated heterocycles. The van der Waals surface area contributed by atoms with Crippen LogP contribution in [0, 0.1) is 18.3 Å².